The maximum atomic E-state index is 11.3. The van der Waals surface area contributed by atoms with Gasteiger partial charge in [0.25, 0.3) is 0 Å². The second kappa shape index (κ2) is 3.80. The summed E-state index contributed by atoms with van der Waals surface area (Å²) >= 11 is 0. The van der Waals surface area contributed by atoms with Crippen LogP contribution in [0.1, 0.15) is 17.5 Å². The molecule has 0 radical (unpaired) electrons. The van der Waals surface area contributed by atoms with Crippen molar-refractivity contribution >= 4 is 5.91 Å². The number of hydrogen-bond acceptors (Lipinski definition) is 2. The number of hydrazine groups is 1. The van der Waals surface area contributed by atoms with Gasteiger partial charge >= 0.3 is 0 Å². The van der Waals surface area contributed by atoms with Gasteiger partial charge in [-0.2, -0.15) is 0 Å². The third kappa shape index (κ3) is 1.93. The second-order valence-electron chi connectivity index (χ2n) is 3.63. The van der Waals surface area contributed by atoms with Gasteiger partial charge in [0.2, 0.25) is 5.91 Å². The molecule has 1 heterocycles. The number of nitrogens with zero attached hydrogens (tertiary/aromatic N) is 1. The van der Waals surface area contributed by atoms with Gasteiger partial charge in [-0.1, -0.05) is 29.8 Å². The first-order valence-electron chi connectivity index (χ1n) is 4.85. The summed E-state index contributed by atoms with van der Waals surface area (Å²) in [6, 6.07) is 8.22. The summed E-state index contributed by atoms with van der Waals surface area (Å²) in [5, 5.41) is 1.69. The zero-order chi connectivity index (χ0) is 9.97. The summed E-state index contributed by atoms with van der Waals surface area (Å²) in [5.41, 5.74) is 5.46. The predicted molar refractivity (Wildman–Crippen MR) is 54.3 cm³/mol. The average molecular weight is 190 g/mol. The first-order chi connectivity index (χ1) is 6.75. The van der Waals surface area contributed by atoms with Crippen LogP contribution in [0.5, 0.6) is 0 Å². The van der Waals surface area contributed by atoms with Gasteiger partial charge in [0.1, 0.15) is 0 Å². The highest BCUT2D eigenvalue weighted by atomic mass is 16.2. The minimum atomic E-state index is 0.187. The number of rotatable bonds is 2. The first kappa shape index (κ1) is 9.21. The van der Waals surface area contributed by atoms with Crippen molar-refractivity contribution in [1.29, 1.82) is 0 Å². The predicted octanol–water partition coefficient (Wildman–Crippen LogP) is 1.23. The molecule has 1 fully saturated rings. The molecule has 0 aliphatic carbocycles. The van der Waals surface area contributed by atoms with E-state index in [0.717, 1.165) is 6.54 Å². The van der Waals surface area contributed by atoms with E-state index in [2.05, 4.69) is 24.5 Å². The highest BCUT2D eigenvalue weighted by Crippen LogP contribution is 2.09. The molecule has 1 aliphatic rings. The second-order valence-corrected chi connectivity index (χ2v) is 3.63. The van der Waals surface area contributed by atoms with Crippen LogP contribution in [0.3, 0.4) is 0 Å². The van der Waals surface area contributed by atoms with E-state index in [1.807, 2.05) is 12.1 Å². The topological polar surface area (TPSA) is 32.3 Å². The molecule has 1 aromatic rings. The fourth-order valence-corrected chi connectivity index (χ4v) is 1.66. The van der Waals surface area contributed by atoms with Crippen LogP contribution in [0.15, 0.2) is 24.3 Å². The maximum Gasteiger partial charge on any atom is 0.238 e. The number of nitrogens with one attached hydrogen (secondary N) is 1. The van der Waals surface area contributed by atoms with E-state index in [9.17, 15) is 4.79 Å². The van der Waals surface area contributed by atoms with Crippen molar-refractivity contribution in [1.82, 2.24) is 10.4 Å². The lowest BCUT2D eigenvalue weighted by molar-refractivity contribution is -0.130. The molecular formula is C11H14N2O. The zero-order valence-electron chi connectivity index (χ0n) is 8.29. The van der Waals surface area contributed by atoms with Crippen LogP contribution >= 0.6 is 0 Å². The largest absolute Gasteiger partial charge is 0.274 e. The van der Waals surface area contributed by atoms with Gasteiger partial charge < -0.3 is 0 Å². The quantitative estimate of drug-likeness (QED) is 0.760. The molecule has 1 aromatic carbocycles. The van der Waals surface area contributed by atoms with Crippen LogP contribution in [0, 0.1) is 6.92 Å². The van der Waals surface area contributed by atoms with Crippen molar-refractivity contribution < 1.29 is 4.79 Å². The Hall–Kier alpha value is -1.35. The SMILES string of the molecule is Cc1cccc(CN2NCCC2=O)c1. The molecule has 0 aromatic heterocycles. The van der Waals surface area contributed by atoms with Crippen molar-refractivity contribution in [2.45, 2.75) is 19.9 Å². The average Bonchev–Trinajstić information content (AvgIpc) is 2.52. The molecule has 1 amide bonds. The number of carbonyl (C=O) groups is 1. The molecule has 2 rings (SSSR count). The molecule has 1 aliphatic heterocycles. The lowest BCUT2D eigenvalue weighted by atomic mass is 10.1. The van der Waals surface area contributed by atoms with E-state index in [4.69, 9.17) is 0 Å². The summed E-state index contributed by atoms with van der Waals surface area (Å²) < 4.78 is 0. The number of hydrogen-bond donors (Lipinski definition) is 1. The number of benzene rings is 1. The highest BCUT2D eigenvalue weighted by molar-refractivity contribution is 5.77. The van der Waals surface area contributed by atoms with Crippen molar-refractivity contribution in [3.05, 3.63) is 35.4 Å². The fourth-order valence-electron chi connectivity index (χ4n) is 1.66. The van der Waals surface area contributed by atoms with Crippen molar-refractivity contribution in [3.63, 3.8) is 0 Å². The third-order valence-electron chi connectivity index (χ3n) is 2.37. The Morgan fingerprint density at radius 1 is 1.50 bits per heavy atom. The Balaban J connectivity index is 2.07. The van der Waals surface area contributed by atoms with Crippen molar-refractivity contribution in [2.75, 3.05) is 6.54 Å². The van der Waals surface area contributed by atoms with E-state index in [-0.39, 0.29) is 5.91 Å². The molecule has 0 spiro atoms. The first-order valence-corrected chi connectivity index (χ1v) is 4.85. The number of amides is 1. The Kier molecular flexibility index (Phi) is 2.50. The minimum Gasteiger partial charge on any atom is -0.274 e. The Bertz CT molecular complexity index is 349. The van der Waals surface area contributed by atoms with Gasteiger partial charge in [0.15, 0.2) is 0 Å². The van der Waals surface area contributed by atoms with Crippen LogP contribution in [0.25, 0.3) is 0 Å². The van der Waals surface area contributed by atoms with Crippen molar-refractivity contribution in [3.8, 4) is 0 Å². The van der Waals surface area contributed by atoms with E-state index >= 15 is 0 Å². The van der Waals surface area contributed by atoms with Gasteiger partial charge in [0.05, 0.1) is 6.54 Å². The van der Waals surface area contributed by atoms with E-state index in [1.54, 1.807) is 5.01 Å². The molecule has 74 valence electrons. The number of aryl methyl sites for hydroxylation is 1. The molecule has 0 unspecified atom stereocenters. The molecule has 14 heavy (non-hydrogen) atoms. The third-order valence-corrected chi connectivity index (χ3v) is 2.37. The lowest BCUT2D eigenvalue weighted by Crippen LogP contribution is -2.33. The van der Waals surface area contributed by atoms with Crippen molar-refractivity contribution in [2.24, 2.45) is 0 Å². The Morgan fingerprint density at radius 2 is 2.36 bits per heavy atom. The summed E-state index contributed by atoms with van der Waals surface area (Å²) in [5.74, 6) is 0.187. The summed E-state index contributed by atoms with van der Waals surface area (Å²) in [4.78, 5) is 11.3. The zero-order valence-corrected chi connectivity index (χ0v) is 8.29. The highest BCUT2D eigenvalue weighted by Gasteiger charge is 2.19. The van der Waals surface area contributed by atoms with Gasteiger partial charge in [-0.25, -0.2) is 5.43 Å². The molecule has 1 N–H and O–H groups in total. The van der Waals surface area contributed by atoms with Crippen LogP contribution in [0.2, 0.25) is 0 Å². The van der Waals surface area contributed by atoms with E-state index < -0.39 is 0 Å². The molecule has 3 heteroatoms. The molecule has 0 bridgehead atoms. The fraction of sp³-hybridized carbons (Fsp3) is 0.364. The maximum absolute atomic E-state index is 11.3. The number of carbonyl (C=O) groups excluding carboxylic acids is 1. The van der Waals surface area contributed by atoms with Crippen LogP contribution in [-0.2, 0) is 11.3 Å². The van der Waals surface area contributed by atoms with Gasteiger partial charge in [0, 0.05) is 13.0 Å². The van der Waals surface area contributed by atoms with Crippen LogP contribution in [0.4, 0.5) is 0 Å². The summed E-state index contributed by atoms with van der Waals surface area (Å²) in [6.45, 7) is 3.49. The van der Waals surface area contributed by atoms with Crippen LogP contribution < -0.4 is 5.43 Å². The van der Waals surface area contributed by atoms with E-state index in [0.29, 0.717) is 13.0 Å². The molecular weight excluding hydrogens is 176 g/mol. The minimum absolute atomic E-state index is 0.187. The van der Waals surface area contributed by atoms with Gasteiger partial charge in [-0.05, 0) is 12.5 Å². The smallest absolute Gasteiger partial charge is 0.238 e. The Morgan fingerprint density at radius 3 is 3.00 bits per heavy atom. The van der Waals surface area contributed by atoms with Crippen LogP contribution in [-0.4, -0.2) is 17.5 Å². The summed E-state index contributed by atoms with van der Waals surface area (Å²) in [7, 11) is 0. The monoisotopic (exact) mass is 190 g/mol. The Labute approximate surface area is 83.7 Å². The van der Waals surface area contributed by atoms with Gasteiger partial charge in [-0.15, -0.1) is 0 Å². The van der Waals surface area contributed by atoms with E-state index in [1.165, 1.54) is 11.1 Å². The van der Waals surface area contributed by atoms with Gasteiger partial charge in [-0.3, -0.25) is 9.80 Å². The molecule has 1 saturated heterocycles. The molecule has 0 atom stereocenters. The summed E-state index contributed by atoms with van der Waals surface area (Å²) in [6.07, 6.45) is 0.617. The lowest BCUT2D eigenvalue weighted by Gasteiger charge is -2.15. The molecule has 0 saturated carbocycles. The normalized spacial score (nSPS) is 16.4. The standard InChI is InChI=1S/C11H14N2O/c1-9-3-2-4-10(7-9)8-13-11(14)5-6-12-13/h2-4,7,12H,5-6,8H2,1H3. The molecule has 3 nitrogen and oxygen atoms in total.